The molecule has 4 rings (SSSR count). The van der Waals surface area contributed by atoms with Crippen molar-refractivity contribution >= 4 is 38.9 Å². The maximum Gasteiger partial charge on any atom is 0.234 e. The second-order valence-electron chi connectivity index (χ2n) is 6.82. The van der Waals surface area contributed by atoms with Gasteiger partial charge in [-0.1, -0.05) is 35.3 Å². The highest BCUT2D eigenvalue weighted by Crippen LogP contribution is 2.33. The van der Waals surface area contributed by atoms with E-state index >= 15 is 0 Å². The number of oxazole rings is 1. The van der Waals surface area contributed by atoms with Crippen LogP contribution in [0.15, 0.2) is 87.1 Å². The number of anilines is 1. The minimum absolute atomic E-state index is 0.0423. The SMILES string of the molecule is COc1ccc(-c2nc(S(=O)(=O)c3ccc(Cl)cc3)c(NCc3ccc(Cl)cc3)o2)cc1. The van der Waals surface area contributed by atoms with Crippen molar-refractivity contribution in [3.63, 3.8) is 0 Å². The van der Waals surface area contributed by atoms with E-state index in [9.17, 15) is 8.42 Å². The molecular formula is C23H18Cl2N2O4S. The van der Waals surface area contributed by atoms with Crippen LogP contribution in [0.5, 0.6) is 5.75 Å². The molecule has 0 aliphatic heterocycles. The monoisotopic (exact) mass is 488 g/mol. The van der Waals surface area contributed by atoms with Gasteiger partial charge >= 0.3 is 0 Å². The average Bonchev–Trinajstić information content (AvgIpc) is 3.24. The van der Waals surface area contributed by atoms with Crippen molar-refractivity contribution in [2.24, 2.45) is 0 Å². The molecule has 1 aromatic heterocycles. The third-order valence-corrected chi connectivity index (χ3v) is 6.86. The Balaban J connectivity index is 1.74. The van der Waals surface area contributed by atoms with Crippen molar-refractivity contribution in [3.8, 4) is 17.2 Å². The number of aromatic nitrogens is 1. The molecule has 0 amide bonds. The highest BCUT2D eigenvalue weighted by atomic mass is 35.5. The normalized spacial score (nSPS) is 11.3. The predicted octanol–water partition coefficient (Wildman–Crippen LogP) is 6.10. The molecule has 0 saturated carbocycles. The van der Waals surface area contributed by atoms with Crippen LogP contribution in [-0.4, -0.2) is 20.5 Å². The second kappa shape index (κ2) is 9.24. The molecule has 0 aliphatic carbocycles. The number of ether oxygens (including phenoxy) is 1. The van der Waals surface area contributed by atoms with Gasteiger partial charge in [-0.15, -0.1) is 0 Å². The summed E-state index contributed by atoms with van der Waals surface area (Å²) in [6.45, 7) is 0.317. The summed E-state index contributed by atoms with van der Waals surface area (Å²) >= 11 is 11.9. The smallest absolute Gasteiger partial charge is 0.234 e. The van der Waals surface area contributed by atoms with E-state index in [0.717, 1.165) is 5.56 Å². The van der Waals surface area contributed by atoms with Crippen molar-refractivity contribution in [2.45, 2.75) is 16.5 Å². The molecule has 0 unspecified atom stereocenters. The number of hydrogen-bond donors (Lipinski definition) is 1. The zero-order valence-electron chi connectivity index (χ0n) is 16.9. The average molecular weight is 489 g/mol. The molecule has 0 fully saturated rings. The fourth-order valence-electron chi connectivity index (χ4n) is 2.97. The highest BCUT2D eigenvalue weighted by molar-refractivity contribution is 7.91. The summed E-state index contributed by atoms with van der Waals surface area (Å²) in [6.07, 6.45) is 0. The van der Waals surface area contributed by atoms with Crippen LogP contribution in [0.25, 0.3) is 11.5 Å². The van der Waals surface area contributed by atoms with E-state index in [1.165, 1.54) is 24.3 Å². The number of methoxy groups -OCH3 is 1. The molecule has 0 atom stereocenters. The Morgan fingerprint density at radius 3 is 2.09 bits per heavy atom. The molecule has 0 aliphatic rings. The topological polar surface area (TPSA) is 81.4 Å². The van der Waals surface area contributed by atoms with E-state index in [1.54, 1.807) is 43.5 Å². The Morgan fingerprint density at radius 2 is 1.50 bits per heavy atom. The van der Waals surface area contributed by atoms with Gasteiger partial charge in [0.1, 0.15) is 5.75 Å². The van der Waals surface area contributed by atoms with E-state index in [-0.39, 0.29) is 21.7 Å². The molecule has 3 aromatic carbocycles. The van der Waals surface area contributed by atoms with Crippen LogP contribution in [0.3, 0.4) is 0 Å². The van der Waals surface area contributed by atoms with Gasteiger partial charge < -0.3 is 14.5 Å². The molecule has 0 radical (unpaired) electrons. The number of hydrogen-bond acceptors (Lipinski definition) is 6. The third-order valence-electron chi connectivity index (χ3n) is 4.68. The fourth-order valence-corrected chi connectivity index (χ4v) is 4.50. The lowest BCUT2D eigenvalue weighted by molar-refractivity contribution is 0.415. The Bertz CT molecular complexity index is 1320. The number of nitrogens with one attached hydrogen (secondary N) is 1. The summed E-state index contributed by atoms with van der Waals surface area (Å²) in [4.78, 5) is 4.38. The van der Waals surface area contributed by atoms with Crippen LogP contribution in [-0.2, 0) is 16.4 Å². The number of sulfone groups is 1. The molecule has 1 heterocycles. The molecule has 0 saturated heterocycles. The first-order valence-corrected chi connectivity index (χ1v) is 11.7. The van der Waals surface area contributed by atoms with E-state index in [0.29, 0.717) is 27.9 Å². The van der Waals surface area contributed by atoms with Crippen LogP contribution in [0.2, 0.25) is 10.0 Å². The summed E-state index contributed by atoms with van der Waals surface area (Å²) in [7, 11) is -2.40. The zero-order chi connectivity index (χ0) is 22.7. The minimum Gasteiger partial charge on any atom is -0.497 e. The first kappa shape index (κ1) is 22.2. The molecule has 6 nitrogen and oxygen atoms in total. The van der Waals surface area contributed by atoms with E-state index < -0.39 is 9.84 Å². The summed E-state index contributed by atoms with van der Waals surface area (Å²) in [5.74, 6) is 0.870. The van der Waals surface area contributed by atoms with E-state index in [1.807, 2.05) is 12.1 Å². The Kier molecular flexibility index (Phi) is 6.41. The van der Waals surface area contributed by atoms with Gasteiger partial charge in [-0.3, -0.25) is 0 Å². The van der Waals surface area contributed by atoms with Gasteiger partial charge in [0.2, 0.25) is 26.6 Å². The van der Waals surface area contributed by atoms with Crippen LogP contribution in [0, 0.1) is 0 Å². The second-order valence-corrected chi connectivity index (χ2v) is 9.56. The van der Waals surface area contributed by atoms with Crippen LogP contribution in [0.4, 0.5) is 5.88 Å². The van der Waals surface area contributed by atoms with Gasteiger partial charge in [0, 0.05) is 22.2 Å². The van der Waals surface area contributed by atoms with E-state index in [2.05, 4.69) is 10.3 Å². The quantitative estimate of drug-likeness (QED) is 0.338. The molecule has 4 aromatic rings. The van der Waals surface area contributed by atoms with Gasteiger partial charge in [-0.25, -0.2) is 8.42 Å². The molecule has 32 heavy (non-hydrogen) atoms. The Labute approximate surface area is 195 Å². The Morgan fingerprint density at radius 1 is 0.906 bits per heavy atom. The standard InChI is InChI=1S/C23H18Cl2N2O4S/c1-30-19-10-4-16(5-11-19)21-27-23(32(28,29)20-12-8-18(25)9-13-20)22(31-21)26-14-15-2-6-17(24)7-3-15/h2-13,26H,14H2,1H3. The summed E-state index contributed by atoms with van der Waals surface area (Å²) < 4.78 is 37.7. The van der Waals surface area contributed by atoms with Crippen molar-refractivity contribution in [2.75, 3.05) is 12.4 Å². The van der Waals surface area contributed by atoms with Gasteiger partial charge in [-0.05, 0) is 66.2 Å². The van der Waals surface area contributed by atoms with Gasteiger partial charge in [0.05, 0.1) is 12.0 Å². The minimum atomic E-state index is -3.97. The molecule has 164 valence electrons. The fraction of sp³-hybridized carbons (Fsp3) is 0.0870. The van der Waals surface area contributed by atoms with Crippen molar-refractivity contribution in [3.05, 3.63) is 88.4 Å². The number of halogens is 2. The summed E-state index contributed by atoms with van der Waals surface area (Å²) in [5.41, 5.74) is 1.50. The van der Waals surface area contributed by atoms with Crippen molar-refractivity contribution < 1.29 is 17.6 Å². The summed E-state index contributed by atoms with van der Waals surface area (Å²) in [6, 6.07) is 20.1. The van der Waals surface area contributed by atoms with Gasteiger partial charge in [0.25, 0.3) is 0 Å². The first-order chi connectivity index (χ1) is 15.4. The predicted molar refractivity (Wildman–Crippen MR) is 124 cm³/mol. The van der Waals surface area contributed by atoms with Crippen LogP contribution in [0.1, 0.15) is 5.56 Å². The maximum atomic E-state index is 13.3. The third kappa shape index (κ3) is 4.75. The largest absolute Gasteiger partial charge is 0.497 e. The molecular weight excluding hydrogens is 471 g/mol. The van der Waals surface area contributed by atoms with Gasteiger partial charge in [-0.2, -0.15) is 4.98 Å². The number of benzene rings is 3. The highest BCUT2D eigenvalue weighted by Gasteiger charge is 2.28. The lowest BCUT2D eigenvalue weighted by atomic mass is 10.2. The maximum absolute atomic E-state index is 13.3. The summed E-state index contributed by atoms with van der Waals surface area (Å²) in [5, 5.41) is 3.88. The molecule has 9 heteroatoms. The first-order valence-electron chi connectivity index (χ1n) is 9.51. The van der Waals surface area contributed by atoms with Crippen molar-refractivity contribution in [1.29, 1.82) is 0 Å². The zero-order valence-corrected chi connectivity index (χ0v) is 19.2. The van der Waals surface area contributed by atoms with Gasteiger partial charge in [0.15, 0.2) is 0 Å². The molecule has 0 spiro atoms. The van der Waals surface area contributed by atoms with Crippen molar-refractivity contribution in [1.82, 2.24) is 4.98 Å². The van der Waals surface area contributed by atoms with Crippen LogP contribution >= 0.6 is 23.2 Å². The molecule has 0 bridgehead atoms. The Hall–Kier alpha value is -3.00. The number of nitrogens with zero attached hydrogens (tertiary/aromatic N) is 1. The van der Waals surface area contributed by atoms with E-state index in [4.69, 9.17) is 32.4 Å². The lowest BCUT2D eigenvalue weighted by Gasteiger charge is -2.06. The van der Waals surface area contributed by atoms with Crippen LogP contribution < -0.4 is 10.1 Å². The molecule has 1 N–H and O–H groups in total. The lowest BCUT2D eigenvalue weighted by Crippen LogP contribution is -2.07. The number of rotatable bonds is 7.